The lowest BCUT2D eigenvalue weighted by atomic mass is 10.0. The molecule has 2 atom stereocenters. The molecule has 0 radical (unpaired) electrons. The van der Waals surface area contributed by atoms with Gasteiger partial charge in [0.05, 0.1) is 34.4 Å². The smallest absolute Gasteiger partial charge is 0.362 e. The summed E-state index contributed by atoms with van der Waals surface area (Å²) >= 11 is 0. The number of aliphatic carboxylic acids is 1. The summed E-state index contributed by atoms with van der Waals surface area (Å²) in [6.45, 7) is 4.61. The summed E-state index contributed by atoms with van der Waals surface area (Å²) in [5.74, 6) is -1.52. The number of hydrogen-bond donors (Lipinski definition) is 1. The zero-order valence-electron chi connectivity index (χ0n) is 44.8. The van der Waals surface area contributed by atoms with E-state index in [4.69, 9.17) is 14.2 Å². The fourth-order valence-electron chi connectivity index (χ4n) is 8.10. The Hall–Kier alpha value is -3.23. The van der Waals surface area contributed by atoms with Crippen molar-refractivity contribution in [2.45, 2.75) is 251 Å². The number of quaternary nitrogens is 1. The van der Waals surface area contributed by atoms with Crippen molar-refractivity contribution in [3.05, 3.63) is 72.9 Å². The molecule has 0 bridgehead atoms. The minimum Gasteiger partial charge on any atom is -0.477 e. The van der Waals surface area contributed by atoms with Crippen LogP contribution in [-0.2, 0) is 28.6 Å². The highest BCUT2D eigenvalue weighted by molar-refractivity contribution is 5.72. The molecule has 0 saturated heterocycles. The summed E-state index contributed by atoms with van der Waals surface area (Å²) in [6.07, 6.45) is 65.4. The lowest BCUT2D eigenvalue weighted by Gasteiger charge is -2.31. The number of carbonyl (C=O) groups is 3. The van der Waals surface area contributed by atoms with E-state index in [-0.39, 0.29) is 36.2 Å². The molecule has 0 aromatic heterocycles. The topological polar surface area (TPSA) is 99.1 Å². The van der Waals surface area contributed by atoms with Gasteiger partial charge in [-0.05, 0) is 64.2 Å². The maximum atomic E-state index is 12.8. The minimum atomic E-state index is -0.880. The first-order chi connectivity index (χ1) is 33.1. The lowest BCUT2D eigenvalue weighted by molar-refractivity contribution is -0.887. The first-order valence-electron chi connectivity index (χ1n) is 28.0. The Kier molecular flexibility index (Phi) is 47.8. The van der Waals surface area contributed by atoms with Crippen molar-refractivity contribution in [2.24, 2.45) is 0 Å². The number of likely N-dealkylation sites (N-methyl/N-ethyl adjacent to an activating group) is 1. The predicted molar refractivity (Wildman–Crippen MR) is 289 cm³/mol. The van der Waals surface area contributed by atoms with E-state index < -0.39 is 18.1 Å². The van der Waals surface area contributed by atoms with E-state index in [2.05, 4.69) is 86.8 Å². The number of carbonyl (C=O) groups excluding carboxylic acids is 2. The van der Waals surface area contributed by atoms with E-state index >= 15 is 0 Å². The highest BCUT2D eigenvalue weighted by Crippen LogP contribution is 2.17. The van der Waals surface area contributed by atoms with Crippen LogP contribution in [0.15, 0.2) is 72.9 Å². The SMILES string of the molecule is CC/C=C/C/C=C/C/C=C/C/C=C/C/C=C/C/C=C/CCCCC(=O)OCC(COCCC(C(=O)O)[N+](C)(C)C)OC(=O)CCCCCCCCCCCCCCCCCCCCCCCCC. The average molecular weight is 954 g/mol. The largest absolute Gasteiger partial charge is 0.477 e. The van der Waals surface area contributed by atoms with Crippen molar-refractivity contribution >= 4 is 17.9 Å². The maximum absolute atomic E-state index is 12.8. The molecule has 392 valence electrons. The van der Waals surface area contributed by atoms with Crippen molar-refractivity contribution in [1.82, 2.24) is 0 Å². The average Bonchev–Trinajstić information content (AvgIpc) is 3.30. The van der Waals surface area contributed by atoms with Gasteiger partial charge in [-0.25, -0.2) is 4.79 Å². The Morgan fingerprint density at radius 3 is 1.22 bits per heavy atom. The van der Waals surface area contributed by atoms with Crippen molar-refractivity contribution in [2.75, 3.05) is 41.0 Å². The summed E-state index contributed by atoms with van der Waals surface area (Å²) in [5.41, 5.74) is 0. The molecule has 0 saturated carbocycles. The Balaban J connectivity index is 4.25. The Labute approximate surface area is 419 Å². The summed E-state index contributed by atoms with van der Waals surface area (Å²) in [7, 11) is 5.53. The molecule has 8 nitrogen and oxygen atoms in total. The molecule has 0 amide bonds. The number of nitrogens with zero attached hydrogens (tertiary/aromatic N) is 1. The number of carboxylic acids is 1. The molecule has 0 heterocycles. The zero-order valence-corrected chi connectivity index (χ0v) is 44.8. The van der Waals surface area contributed by atoms with Crippen molar-refractivity contribution < 1.29 is 38.2 Å². The summed E-state index contributed by atoms with van der Waals surface area (Å²) < 4.78 is 17.4. The van der Waals surface area contributed by atoms with Gasteiger partial charge in [-0.3, -0.25) is 9.59 Å². The summed E-state index contributed by atoms with van der Waals surface area (Å²) in [6, 6.07) is -0.625. The third-order valence-electron chi connectivity index (χ3n) is 12.4. The predicted octanol–water partition coefficient (Wildman–Crippen LogP) is 16.6. The standard InChI is InChI=1S/C60H105NO7/c1-6-8-10-12-14-16-18-20-22-24-26-28-29-31-33-35-37-39-41-43-45-47-49-51-59(63)68-56(54-66-53-52-57(60(64)65)61(3,4)5)55-67-58(62)50-48-46-44-42-40-38-36-34-32-30-27-25-23-21-19-17-15-13-11-9-7-2/h9,11,15,17,21,23,27,30,34,36,40,42,56-57H,6-8,10,12-14,16,18-20,22,24-26,28-29,31-33,35,37-39,41,43-55H2,1-5H3/p+1/b11-9+,17-15+,23-21+,30-27+,36-34+,42-40+. The van der Waals surface area contributed by atoms with E-state index in [0.717, 1.165) is 70.6 Å². The minimum absolute atomic E-state index is 0.0462. The number of hydrogen-bond acceptors (Lipinski definition) is 6. The summed E-state index contributed by atoms with van der Waals surface area (Å²) in [5, 5.41) is 9.67. The fourth-order valence-corrected chi connectivity index (χ4v) is 8.10. The molecule has 0 aliphatic heterocycles. The molecule has 0 spiro atoms. The highest BCUT2D eigenvalue weighted by Gasteiger charge is 2.31. The first kappa shape index (κ1) is 64.8. The van der Waals surface area contributed by atoms with Crippen molar-refractivity contribution in [1.29, 1.82) is 0 Å². The van der Waals surface area contributed by atoms with Gasteiger partial charge >= 0.3 is 17.9 Å². The van der Waals surface area contributed by atoms with Gasteiger partial charge < -0.3 is 23.8 Å². The zero-order chi connectivity index (χ0) is 49.9. The van der Waals surface area contributed by atoms with Gasteiger partial charge in [0.25, 0.3) is 0 Å². The number of carboxylic acid groups (broad SMARTS) is 1. The number of unbranched alkanes of at least 4 members (excludes halogenated alkanes) is 24. The van der Waals surface area contributed by atoms with Crippen LogP contribution in [0.3, 0.4) is 0 Å². The fraction of sp³-hybridized carbons (Fsp3) is 0.750. The number of rotatable bonds is 50. The van der Waals surface area contributed by atoms with E-state index in [0.29, 0.717) is 25.7 Å². The van der Waals surface area contributed by atoms with Gasteiger partial charge in [-0.1, -0.05) is 228 Å². The van der Waals surface area contributed by atoms with Gasteiger partial charge in [0.1, 0.15) is 6.61 Å². The molecule has 0 fully saturated rings. The van der Waals surface area contributed by atoms with E-state index in [1.807, 2.05) is 21.1 Å². The van der Waals surface area contributed by atoms with Crippen LogP contribution in [0.4, 0.5) is 0 Å². The molecule has 0 aliphatic rings. The van der Waals surface area contributed by atoms with Gasteiger partial charge in [-0.2, -0.15) is 0 Å². The Morgan fingerprint density at radius 1 is 0.456 bits per heavy atom. The quantitative estimate of drug-likeness (QED) is 0.0281. The maximum Gasteiger partial charge on any atom is 0.362 e. The van der Waals surface area contributed by atoms with Crippen LogP contribution < -0.4 is 0 Å². The normalized spacial score (nSPS) is 13.4. The molecule has 68 heavy (non-hydrogen) atoms. The van der Waals surface area contributed by atoms with Gasteiger partial charge in [0.15, 0.2) is 12.1 Å². The summed E-state index contributed by atoms with van der Waals surface area (Å²) in [4.78, 5) is 37.2. The number of allylic oxidation sites excluding steroid dienone is 12. The number of ether oxygens (including phenoxy) is 3. The van der Waals surface area contributed by atoms with Gasteiger partial charge in [0, 0.05) is 19.3 Å². The molecule has 2 unspecified atom stereocenters. The second-order valence-electron chi connectivity index (χ2n) is 19.8. The molecule has 0 rings (SSSR count). The first-order valence-corrected chi connectivity index (χ1v) is 28.0. The van der Waals surface area contributed by atoms with Crippen LogP contribution in [0, 0.1) is 0 Å². The van der Waals surface area contributed by atoms with Crippen LogP contribution in [-0.4, -0.2) is 80.6 Å². The van der Waals surface area contributed by atoms with Gasteiger partial charge in [-0.15, -0.1) is 0 Å². The molecule has 0 aromatic rings. The van der Waals surface area contributed by atoms with E-state index in [9.17, 15) is 19.5 Å². The van der Waals surface area contributed by atoms with Crippen molar-refractivity contribution in [3.8, 4) is 0 Å². The molecule has 0 aliphatic carbocycles. The van der Waals surface area contributed by atoms with Crippen molar-refractivity contribution in [3.63, 3.8) is 0 Å². The second kappa shape index (κ2) is 50.2. The second-order valence-corrected chi connectivity index (χ2v) is 19.8. The third-order valence-corrected chi connectivity index (χ3v) is 12.4. The van der Waals surface area contributed by atoms with Crippen LogP contribution in [0.5, 0.6) is 0 Å². The Bertz CT molecular complexity index is 1340. The van der Waals surface area contributed by atoms with Crippen LogP contribution in [0.2, 0.25) is 0 Å². The van der Waals surface area contributed by atoms with Crippen LogP contribution in [0.25, 0.3) is 0 Å². The molecule has 1 N–H and O–H groups in total. The molecule has 0 aromatic carbocycles. The van der Waals surface area contributed by atoms with Crippen LogP contribution in [0.1, 0.15) is 239 Å². The molecular formula is C60H106NO7+. The lowest BCUT2D eigenvalue weighted by Crippen LogP contribution is -2.50. The van der Waals surface area contributed by atoms with E-state index in [1.165, 1.54) is 128 Å². The third kappa shape index (κ3) is 47.8. The van der Waals surface area contributed by atoms with E-state index in [1.54, 1.807) is 0 Å². The molecule has 8 heteroatoms. The highest BCUT2D eigenvalue weighted by atomic mass is 16.6. The number of esters is 2. The molecular weight excluding hydrogens is 847 g/mol. The Morgan fingerprint density at radius 2 is 0.824 bits per heavy atom. The van der Waals surface area contributed by atoms with Crippen LogP contribution >= 0.6 is 0 Å². The van der Waals surface area contributed by atoms with Gasteiger partial charge in [0.2, 0.25) is 0 Å². The monoisotopic (exact) mass is 953 g/mol.